The van der Waals surface area contributed by atoms with Gasteiger partial charge in [-0.3, -0.25) is 9.59 Å². The number of rotatable bonds is 13. The minimum Gasteiger partial charge on any atom is -0.480 e. The number of thiazole rings is 1. The molecule has 0 spiro atoms. The number of benzene rings is 3. The second-order valence-electron chi connectivity index (χ2n) is 11.7. The predicted octanol–water partition coefficient (Wildman–Crippen LogP) is 7.42. The number of carboxylic acids is 1. The van der Waals surface area contributed by atoms with Crippen LogP contribution in [0.3, 0.4) is 0 Å². The number of carboxylic acid groups (broad SMARTS) is 1. The van der Waals surface area contributed by atoms with Gasteiger partial charge in [0.15, 0.2) is 0 Å². The van der Waals surface area contributed by atoms with Crippen LogP contribution in [-0.4, -0.2) is 40.5 Å². The zero-order chi connectivity index (χ0) is 30.2. The summed E-state index contributed by atoms with van der Waals surface area (Å²) < 4.78 is 0. The third kappa shape index (κ3) is 8.76. The average Bonchev–Trinajstić information content (AvgIpc) is 3.42. The second-order valence-corrected chi connectivity index (χ2v) is 12.6. The first-order valence-corrected chi connectivity index (χ1v) is 15.4. The van der Waals surface area contributed by atoms with Gasteiger partial charge in [-0.1, -0.05) is 88.4 Å². The van der Waals surface area contributed by atoms with Crippen molar-refractivity contribution < 1.29 is 14.7 Å². The van der Waals surface area contributed by atoms with Gasteiger partial charge in [0.2, 0.25) is 5.91 Å². The first-order chi connectivity index (χ1) is 20.1. The third-order valence-corrected chi connectivity index (χ3v) is 8.08. The highest BCUT2D eigenvalue weighted by Crippen LogP contribution is 2.26. The quantitative estimate of drug-likeness (QED) is 0.177. The maximum atomic E-state index is 13.1. The highest BCUT2D eigenvalue weighted by atomic mass is 32.1. The molecule has 1 aromatic heterocycles. The highest BCUT2D eigenvalue weighted by molar-refractivity contribution is 7.09. The number of carbonyl (C=O) groups is 2. The van der Waals surface area contributed by atoms with Crippen LogP contribution in [-0.2, 0) is 35.5 Å². The van der Waals surface area contributed by atoms with Crippen LogP contribution in [0.1, 0.15) is 60.9 Å². The lowest BCUT2D eigenvalue weighted by Gasteiger charge is -2.20. The van der Waals surface area contributed by atoms with E-state index in [1.807, 2.05) is 29.6 Å². The average molecular weight is 584 g/mol. The number of aliphatic carboxylic acids is 1. The Morgan fingerprint density at radius 2 is 1.45 bits per heavy atom. The molecule has 0 aliphatic carbocycles. The first-order valence-electron chi connectivity index (χ1n) is 14.5. The van der Waals surface area contributed by atoms with E-state index in [1.165, 1.54) is 32.9 Å². The number of hydrogen-bond donors (Lipinski definition) is 1. The third-order valence-electron chi connectivity index (χ3n) is 7.25. The summed E-state index contributed by atoms with van der Waals surface area (Å²) in [6.45, 7) is 9.34. The van der Waals surface area contributed by atoms with E-state index in [1.54, 1.807) is 0 Å². The van der Waals surface area contributed by atoms with Crippen molar-refractivity contribution in [2.75, 3.05) is 18.5 Å². The summed E-state index contributed by atoms with van der Waals surface area (Å²) in [5.74, 6) is -0.211. The smallest absolute Gasteiger partial charge is 0.323 e. The lowest BCUT2D eigenvalue weighted by atomic mass is 10.0. The Hall–Kier alpha value is -3.97. The summed E-state index contributed by atoms with van der Waals surface area (Å²) in [6, 6.07) is 25.1. The SMILES string of the molecule is CC(C)Cc1ccc(CN(C)c2ccc(-c3csc(CN(CC(=O)O)C(=O)Cc4ccc(C(C)C)cc4)n3)cc2)cc1. The zero-order valence-electron chi connectivity index (χ0n) is 25.2. The van der Waals surface area contributed by atoms with Gasteiger partial charge in [0.25, 0.3) is 0 Å². The fraction of sp³-hybridized carbons (Fsp3) is 0.343. The Morgan fingerprint density at radius 1 is 0.833 bits per heavy atom. The second kappa shape index (κ2) is 14.3. The molecular formula is C35H41N3O3S. The predicted molar refractivity (Wildman–Crippen MR) is 172 cm³/mol. The van der Waals surface area contributed by atoms with E-state index in [9.17, 15) is 14.7 Å². The van der Waals surface area contributed by atoms with E-state index in [2.05, 4.69) is 88.2 Å². The van der Waals surface area contributed by atoms with E-state index >= 15 is 0 Å². The van der Waals surface area contributed by atoms with Crippen LogP contribution in [0.4, 0.5) is 5.69 Å². The Kier molecular flexibility index (Phi) is 10.5. The molecule has 1 N–H and O–H groups in total. The van der Waals surface area contributed by atoms with Crippen LogP contribution >= 0.6 is 11.3 Å². The Bertz CT molecular complexity index is 1460. The first kappa shape index (κ1) is 31.0. The van der Waals surface area contributed by atoms with Gasteiger partial charge >= 0.3 is 5.97 Å². The van der Waals surface area contributed by atoms with Crippen LogP contribution in [0.2, 0.25) is 0 Å². The molecule has 0 bridgehead atoms. The topological polar surface area (TPSA) is 73.7 Å². The van der Waals surface area contributed by atoms with Gasteiger partial charge in [0, 0.05) is 30.2 Å². The van der Waals surface area contributed by atoms with E-state index in [4.69, 9.17) is 4.98 Å². The van der Waals surface area contributed by atoms with Crippen molar-refractivity contribution in [2.45, 2.75) is 59.5 Å². The summed E-state index contributed by atoms with van der Waals surface area (Å²) in [5.41, 5.74) is 7.62. The van der Waals surface area contributed by atoms with E-state index < -0.39 is 5.97 Å². The number of hydrogen-bond acceptors (Lipinski definition) is 5. The van der Waals surface area contributed by atoms with Crippen LogP contribution in [0, 0.1) is 5.92 Å². The van der Waals surface area contributed by atoms with Crippen molar-refractivity contribution in [3.05, 3.63) is 105 Å². The number of aromatic nitrogens is 1. The van der Waals surface area contributed by atoms with Gasteiger partial charge in [-0.25, -0.2) is 4.98 Å². The molecule has 0 unspecified atom stereocenters. The molecule has 0 saturated heterocycles. The van der Waals surface area contributed by atoms with Gasteiger partial charge < -0.3 is 14.9 Å². The minimum atomic E-state index is -1.04. The molecule has 6 nitrogen and oxygen atoms in total. The zero-order valence-corrected chi connectivity index (χ0v) is 26.0. The molecule has 0 aliphatic rings. The molecule has 3 aromatic carbocycles. The molecule has 4 rings (SSSR count). The Morgan fingerprint density at radius 3 is 2.05 bits per heavy atom. The Labute approximate surface area is 253 Å². The van der Waals surface area contributed by atoms with Gasteiger partial charge in [-0.2, -0.15) is 0 Å². The van der Waals surface area contributed by atoms with E-state index in [0.717, 1.165) is 35.5 Å². The van der Waals surface area contributed by atoms with Gasteiger partial charge in [0.05, 0.1) is 18.7 Å². The van der Waals surface area contributed by atoms with Crippen molar-refractivity contribution in [3.63, 3.8) is 0 Å². The Balaban J connectivity index is 1.38. The fourth-order valence-corrected chi connectivity index (χ4v) is 5.70. The van der Waals surface area contributed by atoms with E-state index in [-0.39, 0.29) is 25.4 Å². The lowest BCUT2D eigenvalue weighted by molar-refractivity contribution is -0.144. The molecule has 0 aliphatic heterocycles. The number of carbonyl (C=O) groups excluding carboxylic acids is 1. The van der Waals surface area contributed by atoms with Crippen molar-refractivity contribution in [1.82, 2.24) is 9.88 Å². The van der Waals surface area contributed by atoms with Gasteiger partial charge in [0.1, 0.15) is 11.6 Å². The molecule has 0 radical (unpaired) electrons. The molecule has 1 heterocycles. The van der Waals surface area contributed by atoms with Crippen LogP contribution in [0.5, 0.6) is 0 Å². The maximum absolute atomic E-state index is 13.1. The summed E-state index contributed by atoms with van der Waals surface area (Å²) in [5, 5.41) is 12.1. The largest absolute Gasteiger partial charge is 0.480 e. The highest BCUT2D eigenvalue weighted by Gasteiger charge is 2.20. The summed E-state index contributed by atoms with van der Waals surface area (Å²) in [7, 11) is 2.09. The van der Waals surface area contributed by atoms with Gasteiger partial charge in [-0.05, 0) is 52.6 Å². The van der Waals surface area contributed by atoms with Crippen LogP contribution < -0.4 is 4.90 Å². The lowest BCUT2D eigenvalue weighted by Crippen LogP contribution is -2.36. The molecule has 0 saturated carbocycles. The summed E-state index contributed by atoms with van der Waals surface area (Å²) in [4.78, 5) is 32.9. The fourth-order valence-electron chi connectivity index (χ4n) is 4.89. The number of anilines is 1. The number of nitrogens with zero attached hydrogens (tertiary/aromatic N) is 3. The number of amides is 1. The summed E-state index contributed by atoms with van der Waals surface area (Å²) in [6.07, 6.45) is 1.25. The minimum absolute atomic E-state index is 0.154. The van der Waals surface area contributed by atoms with Crippen LogP contribution in [0.15, 0.2) is 78.2 Å². The molecule has 0 atom stereocenters. The summed E-state index contributed by atoms with van der Waals surface area (Å²) >= 11 is 1.44. The monoisotopic (exact) mass is 583 g/mol. The van der Waals surface area contributed by atoms with Gasteiger partial charge in [-0.15, -0.1) is 11.3 Å². The molecule has 42 heavy (non-hydrogen) atoms. The molecule has 220 valence electrons. The standard InChI is InChI=1S/C35H41N3O3S/c1-24(2)18-26-6-8-28(9-7-26)20-37(5)31-16-14-30(15-17-31)32-23-42-33(36-32)21-38(22-35(40)41)34(39)19-27-10-12-29(13-11-27)25(3)4/h6-17,23-25H,18-22H2,1-5H3,(H,40,41). The molecule has 4 aromatic rings. The van der Waals surface area contributed by atoms with Crippen molar-refractivity contribution in [1.29, 1.82) is 0 Å². The molecular weight excluding hydrogens is 542 g/mol. The van der Waals surface area contributed by atoms with Crippen molar-refractivity contribution in [3.8, 4) is 11.3 Å². The normalized spacial score (nSPS) is 11.2. The van der Waals surface area contributed by atoms with Crippen molar-refractivity contribution in [2.24, 2.45) is 5.92 Å². The van der Waals surface area contributed by atoms with Crippen LogP contribution in [0.25, 0.3) is 11.3 Å². The molecule has 7 heteroatoms. The molecule has 0 fully saturated rings. The van der Waals surface area contributed by atoms with Crippen molar-refractivity contribution >= 4 is 28.9 Å². The molecule has 1 amide bonds. The maximum Gasteiger partial charge on any atom is 0.323 e. The van der Waals surface area contributed by atoms with E-state index in [0.29, 0.717) is 16.8 Å².